The van der Waals surface area contributed by atoms with E-state index in [0.29, 0.717) is 5.69 Å². The number of primary amides is 1. The summed E-state index contributed by atoms with van der Waals surface area (Å²) in [4.78, 5) is 37.2. The predicted octanol–water partition coefficient (Wildman–Crippen LogP) is 1.43. The molecule has 0 fully saturated rings. The highest BCUT2D eigenvalue weighted by molar-refractivity contribution is 6.44. The second kappa shape index (κ2) is 7.28. The maximum atomic E-state index is 12.0. The Morgan fingerprint density at radius 1 is 0.875 bits per heavy atom. The SMILES string of the molecule is CN(C)c1ccc(NC(=O)C(=O)Nc2ccccc2C(N)=O)cc1. The lowest BCUT2D eigenvalue weighted by Gasteiger charge is -2.13. The molecular formula is C17H18N4O3. The van der Waals surface area contributed by atoms with Gasteiger partial charge in [0.2, 0.25) is 0 Å². The maximum absolute atomic E-state index is 12.0. The maximum Gasteiger partial charge on any atom is 0.314 e. The van der Waals surface area contributed by atoms with Gasteiger partial charge < -0.3 is 21.3 Å². The minimum Gasteiger partial charge on any atom is -0.378 e. The van der Waals surface area contributed by atoms with E-state index in [2.05, 4.69) is 10.6 Å². The first-order valence-corrected chi connectivity index (χ1v) is 7.17. The number of nitrogens with two attached hydrogens (primary N) is 1. The molecule has 0 heterocycles. The third-order valence-corrected chi connectivity index (χ3v) is 3.29. The van der Waals surface area contributed by atoms with E-state index >= 15 is 0 Å². The molecule has 0 atom stereocenters. The Morgan fingerprint density at radius 2 is 1.46 bits per heavy atom. The van der Waals surface area contributed by atoms with Crippen molar-refractivity contribution in [3.05, 3.63) is 54.1 Å². The van der Waals surface area contributed by atoms with E-state index in [9.17, 15) is 14.4 Å². The number of rotatable bonds is 4. The van der Waals surface area contributed by atoms with Gasteiger partial charge in [-0.25, -0.2) is 0 Å². The number of benzene rings is 2. The molecule has 7 heteroatoms. The summed E-state index contributed by atoms with van der Waals surface area (Å²) in [5.41, 5.74) is 7.01. The first-order valence-electron chi connectivity index (χ1n) is 7.17. The Kier molecular flexibility index (Phi) is 5.16. The smallest absolute Gasteiger partial charge is 0.314 e. The van der Waals surface area contributed by atoms with Gasteiger partial charge in [-0.3, -0.25) is 14.4 Å². The van der Waals surface area contributed by atoms with Gasteiger partial charge in [-0.15, -0.1) is 0 Å². The Hall–Kier alpha value is -3.35. The van der Waals surface area contributed by atoms with Crippen molar-refractivity contribution in [3.63, 3.8) is 0 Å². The van der Waals surface area contributed by atoms with E-state index in [1.807, 2.05) is 31.1 Å². The Bertz CT molecular complexity index is 770. The van der Waals surface area contributed by atoms with Crippen molar-refractivity contribution in [2.45, 2.75) is 0 Å². The van der Waals surface area contributed by atoms with Crippen LogP contribution in [0.1, 0.15) is 10.4 Å². The van der Waals surface area contributed by atoms with Gasteiger partial charge in [0.1, 0.15) is 0 Å². The lowest BCUT2D eigenvalue weighted by Crippen LogP contribution is -2.30. The summed E-state index contributed by atoms with van der Waals surface area (Å²) in [5, 5.41) is 4.87. The van der Waals surface area contributed by atoms with Crippen LogP contribution in [0.5, 0.6) is 0 Å². The van der Waals surface area contributed by atoms with Gasteiger partial charge in [-0.05, 0) is 36.4 Å². The molecule has 2 aromatic rings. The van der Waals surface area contributed by atoms with Crippen LogP contribution in [0.4, 0.5) is 17.1 Å². The summed E-state index contributed by atoms with van der Waals surface area (Å²) in [6.07, 6.45) is 0. The molecule has 0 saturated heterocycles. The number of amides is 3. The number of carbonyl (C=O) groups is 3. The molecule has 0 aromatic heterocycles. The molecule has 0 aliphatic rings. The van der Waals surface area contributed by atoms with E-state index < -0.39 is 17.7 Å². The fraction of sp³-hybridized carbons (Fsp3) is 0.118. The van der Waals surface area contributed by atoms with Crippen molar-refractivity contribution in [2.75, 3.05) is 29.6 Å². The van der Waals surface area contributed by atoms with Crippen LogP contribution in [0.3, 0.4) is 0 Å². The van der Waals surface area contributed by atoms with Gasteiger partial charge in [-0.2, -0.15) is 0 Å². The van der Waals surface area contributed by atoms with Crippen LogP contribution in [0, 0.1) is 0 Å². The Morgan fingerprint density at radius 3 is 2.04 bits per heavy atom. The van der Waals surface area contributed by atoms with Crippen LogP contribution in [0.15, 0.2) is 48.5 Å². The van der Waals surface area contributed by atoms with Gasteiger partial charge in [0.15, 0.2) is 0 Å². The second-order valence-corrected chi connectivity index (χ2v) is 5.26. The van der Waals surface area contributed by atoms with Gasteiger partial charge in [0, 0.05) is 25.5 Å². The number of anilines is 3. The lowest BCUT2D eigenvalue weighted by molar-refractivity contribution is -0.133. The first-order chi connectivity index (χ1) is 11.4. The molecule has 0 saturated carbocycles. The second-order valence-electron chi connectivity index (χ2n) is 5.26. The van der Waals surface area contributed by atoms with Crippen LogP contribution >= 0.6 is 0 Å². The quantitative estimate of drug-likeness (QED) is 0.739. The zero-order chi connectivity index (χ0) is 17.7. The molecule has 0 aliphatic heterocycles. The molecule has 3 amide bonds. The van der Waals surface area contributed by atoms with E-state index in [1.54, 1.807) is 24.3 Å². The van der Waals surface area contributed by atoms with Gasteiger partial charge in [-0.1, -0.05) is 12.1 Å². The van der Waals surface area contributed by atoms with Crippen LogP contribution in [0.2, 0.25) is 0 Å². The number of hydrogen-bond acceptors (Lipinski definition) is 4. The molecule has 4 N–H and O–H groups in total. The number of hydrogen-bond donors (Lipinski definition) is 3. The molecule has 0 bridgehead atoms. The summed E-state index contributed by atoms with van der Waals surface area (Å²) < 4.78 is 0. The van der Waals surface area contributed by atoms with Gasteiger partial charge in [0.05, 0.1) is 11.3 Å². The third-order valence-electron chi connectivity index (χ3n) is 3.29. The average Bonchev–Trinajstić information content (AvgIpc) is 2.55. The highest BCUT2D eigenvalue weighted by Crippen LogP contribution is 2.16. The molecule has 0 spiro atoms. The zero-order valence-electron chi connectivity index (χ0n) is 13.4. The monoisotopic (exact) mass is 326 g/mol. The molecule has 7 nitrogen and oxygen atoms in total. The Labute approximate surface area is 139 Å². The lowest BCUT2D eigenvalue weighted by atomic mass is 10.1. The normalized spacial score (nSPS) is 9.92. The van der Waals surface area contributed by atoms with Crippen molar-refractivity contribution in [1.82, 2.24) is 0 Å². The summed E-state index contributed by atoms with van der Waals surface area (Å²) in [6.45, 7) is 0. The standard InChI is InChI=1S/C17H18N4O3/c1-21(2)12-9-7-11(8-10-12)19-16(23)17(24)20-14-6-4-3-5-13(14)15(18)22/h3-10H,1-2H3,(H2,18,22)(H,19,23)(H,20,24). The van der Waals surface area contributed by atoms with Gasteiger partial charge >= 0.3 is 11.8 Å². The fourth-order valence-electron chi connectivity index (χ4n) is 2.02. The van der Waals surface area contributed by atoms with Crippen LogP contribution in [0.25, 0.3) is 0 Å². The van der Waals surface area contributed by atoms with E-state index in [0.717, 1.165) is 5.69 Å². The number of nitrogens with zero attached hydrogens (tertiary/aromatic N) is 1. The summed E-state index contributed by atoms with van der Waals surface area (Å²) in [6, 6.07) is 13.2. The molecule has 2 aromatic carbocycles. The average molecular weight is 326 g/mol. The summed E-state index contributed by atoms with van der Waals surface area (Å²) >= 11 is 0. The fourth-order valence-corrected chi connectivity index (χ4v) is 2.02. The van der Waals surface area contributed by atoms with Crippen LogP contribution < -0.4 is 21.3 Å². The van der Waals surface area contributed by atoms with Crippen molar-refractivity contribution in [2.24, 2.45) is 5.73 Å². The number of para-hydroxylation sites is 1. The van der Waals surface area contributed by atoms with Crippen molar-refractivity contribution in [3.8, 4) is 0 Å². The molecule has 2 rings (SSSR count). The summed E-state index contributed by atoms with van der Waals surface area (Å²) in [7, 11) is 3.80. The molecule has 0 unspecified atom stereocenters. The van der Waals surface area contributed by atoms with Gasteiger partial charge in [0.25, 0.3) is 5.91 Å². The molecule has 0 radical (unpaired) electrons. The van der Waals surface area contributed by atoms with E-state index in [4.69, 9.17) is 5.73 Å². The van der Waals surface area contributed by atoms with Crippen molar-refractivity contribution < 1.29 is 14.4 Å². The highest BCUT2D eigenvalue weighted by Gasteiger charge is 2.17. The number of nitrogens with one attached hydrogen (secondary N) is 2. The molecule has 124 valence electrons. The van der Waals surface area contributed by atoms with Crippen molar-refractivity contribution >= 4 is 34.8 Å². The van der Waals surface area contributed by atoms with Crippen LogP contribution in [-0.2, 0) is 9.59 Å². The molecule has 24 heavy (non-hydrogen) atoms. The summed E-state index contributed by atoms with van der Waals surface area (Å²) in [5.74, 6) is -2.42. The minimum absolute atomic E-state index is 0.133. The topological polar surface area (TPSA) is 105 Å². The van der Waals surface area contributed by atoms with E-state index in [-0.39, 0.29) is 11.3 Å². The van der Waals surface area contributed by atoms with E-state index in [1.165, 1.54) is 12.1 Å². The number of carbonyl (C=O) groups excluding carboxylic acids is 3. The zero-order valence-corrected chi connectivity index (χ0v) is 13.4. The molecule has 0 aliphatic carbocycles. The predicted molar refractivity (Wildman–Crippen MR) is 93.0 cm³/mol. The first kappa shape index (κ1) is 17.0. The largest absolute Gasteiger partial charge is 0.378 e. The van der Waals surface area contributed by atoms with Crippen molar-refractivity contribution in [1.29, 1.82) is 0 Å². The van der Waals surface area contributed by atoms with Crippen LogP contribution in [-0.4, -0.2) is 31.8 Å². The molecular weight excluding hydrogens is 308 g/mol. The third kappa shape index (κ3) is 4.10. The Balaban J connectivity index is 2.05. The highest BCUT2D eigenvalue weighted by atomic mass is 16.2. The minimum atomic E-state index is -0.889.